The van der Waals surface area contributed by atoms with Crippen LogP contribution in [0.3, 0.4) is 0 Å². The Labute approximate surface area is 205 Å². The first-order valence-electron chi connectivity index (χ1n) is 12.2. The van der Waals surface area contributed by atoms with Gasteiger partial charge in [0.1, 0.15) is 18.0 Å². The van der Waals surface area contributed by atoms with Crippen molar-refractivity contribution in [2.45, 2.75) is 39.3 Å². The number of anilines is 1. The molecule has 1 amide bonds. The molecule has 180 valence electrons. The van der Waals surface area contributed by atoms with E-state index in [9.17, 15) is 4.79 Å². The predicted molar refractivity (Wildman–Crippen MR) is 138 cm³/mol. The number of carbonyl (C=O) groups excluding carboxylic acids is 1. The molecule has 1 aliphatic rings. The molecule has 0 unspecified atom stereocenters. The van der Waals surface area contributed by atoms with Crippen LogP contribution in [-0.4, -0.2) is 27.0 Å². The normalized spacial score (nSPS) is 17.3. The standard InChI is InChI=1S/C28H31N5O2/c1-18(2)27(34)30-14-20-11-22(12-20)33-16-25(24-15-31-28(29)32-26(24)33)21-9-6-10-23(13-21)35-17-19-7-4-3-5-8-19/h3-10,13,15-16,18,20,22H,11-12,14,17H2,1-2H3,(H,30,34)(H2,29,31,32). The third kappa shape index (κ3) is 4.99. The quantitative estimate of drug-likeness (QED) is 0.379. The summed E-state index contributed by atoms with van der Waals surface area (Å²) in [5.74, 6) is 1.67. The molecule has 3 N–H and O–H groups in total. The minimum Gasteiger partial charge on any atom is -0.489 e. The molecule has 0 saturated heterocycles. The van der Waals surface area contributed by atoms with Crippen molar-refractivity contribution in [3.05, 3.63) is 72.6 Å². The van der Waals surface area contributed by atoms with Gasteiger partial charge in [0, 0.05) is 41.8 Å². The monoisotopic (exact) mass is 469 g/mol. The number of nitrogen functional groups attached to an aromatic ring is 1. The molecule has 2 aromatic carbocycles. The summed E-state index contributed by atoms with van der Waals surface area (Å²) in [6.07, 6.45) is 5.94. The molecule has 5 rings (SSSR count). The van der Waals surface area contributed by atoms with Crippen molar-refractivity contribution in [2.75, 3.05) is 12.3 Å². The Hall–Kier alpha value is -3.87. The van der Waals surface area contributed by atoms with E-state index in [-0.39, 0.29) is 17.8 Å². The Morgan fingerprint density at radius 2 is 1.97 bits per heavy atom. The van der Waals surface area contributed by atoms with Gasteiger partial charge in [0.25, 0.3) is 0 Å². The van der Waals surface area contributed by atoms with Gasteiger partial charge in [-0.3, -0.25) is 4.79 Å². The molecule has 2 aromatic heterocycles. The number of benzene rings is 2. The highest BCUT2D eigenvalue weighted by atomic mass is 16.5. The topological polar surface area (TPSA) is 95.1 Å². The van der Waals surface area contributed by atoms with Crippen LogP contribution in [-0.2, 0) is 11.4 Å². The second kappa shape index (κ2) is 9.78. The molecule has 0 spiro atoms. The number of nitrogens with zero attached hydrogens (tertiary/aromatic N) is 3. The lowest BCUT2D eigenvalue weighted by Gasteiger charge is -2.36. The van der Waals surface area contributed by atoms with E-state index in [0.29, 0.717) is 18.6 Å². The minimum absolute atomic E-state index is 0.00827. The van der Waals surface area contributed by atoms with Gasteiger partial charge in [-0.15, -0.1) is 0 Å². The number of aromatic nitrogens is 3. The maximum absolute atomic E-state index is 11.9. The highest BCUT2D eigenvalue weighted by molar-refractivity contribution is 5.94. The zero-order valence-corrected chi connectivity index (χ0v) is 20.1. The Bertz CT molecular complexity index is 1330. The summed E-state index contributed by atoms with van der Waals surface area (Å²) < 4.78 is 8.28. The largest absolute Gasteiger partial charge is 0.489 e. The van der Waals surface area contributed by atoms with E-state index in [1.807, 2.05) is 44.2 Å². The van der Waals surface area contributed by atoms with Crippen LogP contribution in [0.15, 0.2) is 67.0 Å². The summed E-state index contributed by atoms with van der Waals surface area (Å²) in [5, 5.41) is 4.02. The zero-order chi connectivity index (χ0) is 24.4. The van der Waals surface area contributed by atoms with Crippen molar-refractivity contribution in [3.8, 4) is 16.9 Å². The Kier molecular flexibility index (Phi) is 6.40. The smallest absolute Gasteiger partial charge is 0.222 e. The van der Waals surface area contributed by atoms with E-state index in [4.69, 9.17) is 10.5 Å². The number of carbonyl (C=O) groups is 1. The van der Waals surface area contributed by atoms with Gasteiger partial charge in [0.2, 0.25) is 11.9 Å². The molecule has 1 aliphatic carbocycles. The van der Waals surface area contributed by atoms with Crippen LogP contribution >= 0.6 is 0 Å². The number of rotatable bonds is 8. The van der Waals surface area contributed by atoms with Crippen molar-refractivity contribution < 1.29 is 9.53 Å². The van der Waals surface area contributed by atoms with E-state index in [1.54, 1.807) is 6.20 Å². The molecule has 0 radical (unpaired) electrons. The van der Waals surface area contributed by atoms with Crippen LogP contribution in [0, 0.1) is 11.8 Å². The van der Waals surface area contributed by atoms with Gasteiger partial charge >= 0.3 is 0 Å². The summed E-state index contributed by atoms with van der Waals surface area (Å²) in [7, 11) is 0. The number of nitrogens with two attached hydrogens (primary N) is 1. The lowest BCUT2D eigenvalue weighted by Crippen LogP contribution is -2.38. The first-order chi connectivity index (χ1) is 17.0. The van der Waals surface area contributed by atoms with E-state index >= 15 is 0 Å². The first-order valence-corrected chi connectivity index (χ1v) is 12.2. The van der Waals surface area contributed by atoms with Crippen LogP contribution < -0.4 is 15.8 Å². The molecule has 7 nitrogen and oxygen atoms in total. The van der Waals surface area contributed by atoms with Gasteiger partial charge < -0.3 is 20.4 Å². The summed E-state index contributed by atoms with van der Waals surface area (Å²) in [5.41, 5.74) is 10.0. The average molecular weight is 470 g/mol. The zero-order valence-electron chi connectivity index (χ0n) is 20.1. The summed E-state index contributed by atoms with van der Waals surface area (Å²) >= 11 is 0. The molecule has 1 fully saturated rings. The van der Waals surface area contributed by atoms with Gasteiger partial charge in [-0.25, -0.2) is 4.98 Å². The fraction of sp³-hybridized carbons (Fsp3) is 0.321. The van der Waals surface area contributed by atoms with E-state index in [1.165, 1.54) is 0 Å². The van der Waals surface area contributed by atoms with Gasteiger partial charge in [-0.2, -0.15) is 4.98 Å². The highest BCUT2D eigenvalue weighted by Gasteiger charge is 2.32. The molecule has 0 atom stereocenters. The lowest BCUT2D eigenvalue weighted by atomic mass is 9.80. The van der Waals surface area contributed by atoms with Crippen molar-refractivity contribution in [1.29, 1.82) is 0 Å². The summed E-state index contributed by atoms with van der Waals surface area (Å²) in [4.78, 5) is 20.7. The molecule has 0 bridgehead atoms. The summed E-state index contributed by atoms with van der Waals surface area (Å²) in [6, 6.07) is 18.6. The lowest BCUT2D eigenvalue weighted by molar-refractivity contribution is -0.124. The van der Waals surface area contributed by atoms with Crippen LogP contribution in [0.5, 0.6) is 5.75 Å². The Balaban J connectivity index is 1.36. The minimum atomic E-state index is 0.00827. The third-order valence-electron chi connectivity index (χ3n) is 6.68. The van der Waals surface area contributed by atoms with Gasteiger partial charge in [-0.1, -0.05) is 56.3 Å². The molecule has 1 saturated carbocycles. The number of hydrogen-bond acceptors (Lipinski definition) is 5. The van der Waals surface area contributed by atoms with Crippen molar-refractivity contribution in [1.82, 2.24) is 19.9 Å². The molecule has 7 heteroatoms. The van der Waals surface area contributed by atoms with Crippen LogP contribution in [0.2, 0.25) is 0 Å². The van der Waals surface area contributed by atoms with Crippen LogP contribution in [0.4, 0.5) is 5.95 Å². The number of ether oxygens (including phenoxy) is 1. The number of amides is 1. The van der Waals surface area contributed by atoms with E-state index in [0.717, 1.165) is 52.9 Å². The molecular formula is C28H31N5O2. The number of hydrogen-bond donors (Lipinski definition) is 2. The predicted octanol–water partition coefficient (Wildman–Crippen LogP) is 4.98. The first kappa shape index (κ1) is 22.9. The third-order valence-corrected chi connectivity index (χ3v) is 6.68. The fourth-order valence-corrected chi connectivity index (χ4v) is 4.59. The Morgan fingerprint density at radius 1 is 1.17 bits per heavy atom. The average Bonchev–Trinajstić information content (AvgIpc) is 3.20. The summed E-state index contributed by atoms with van der Waals surface area (Å²) in [6.45, 7) is 5.07. The van der Waals surface area contributed by atoms with Crippen molar-refractivity contribution in [2.24, 2.45) is 11.8 Å². The molecule has 35 heavy (non-hydrogen) atoms. The second-order valence-electron chi connectivity index (χ2n) is 9.61. The van der Waals surface area contributed by atoms with Gasteiger partial charge in [-0.05, 0) is 42.0 Å². The van der Waals surface area contributed by atoms with Gasteiger partial charge in [0.15, 0.2) is 0 Å². The van der Waals surface area contributed by atoms with E-state index < -0.39 is 0 Å². The SMILES string of the molecule is CC(C)C(=O)NCC1CC(n2cc(-c3cccc(OCc4ccccc4)c3)c3cnc(N)nc32)C1. The van der Waals surface area contributed by atoms with Crippen molar-refractivity contribution >= 4 is 22.9 Å². The maximum atomic E-state index is 11.9. The number of fused-ring (bicyclic) bond motifs is 1. The molecule has 4 aromatic rings. The van der Waals surface area contributed by atoms with Gasteiger partial charge in [0.05, 0.1) is 0 Å². The highest BCUT2D eigenvalue weighted by Crippen LogP contribution is 2.42. The van der Waals surface area contributed by atoms with E-state index in [2.05, 4.69) is 50.3 Å². The molecule has 2 heterocycles. The van der Waals surface area contributed by atoms with Crippen molar-refractivity contribution in [3.63, 3.8) is 0 Å². The molecule has 0 aliphatic heterocycles. The molecular weight excluding hydrogens is 438 g/mol. The maximum Gasteiger partial charge on any atom is 0.222 e. The second-order valence-corrected chi connectivity index (χ2v) is 9.61. The van der Waals surface area contributed by atoms with Crippen LogP contribution in [0.25, 0.3) is 22.2 Å². The Morgan fingerprint density at radius 3 is 2.74 bits per heavy atom. The van der Waals surface area contributed by atoms with Crippen LogP contribution in [0.1, 0.15) is 38.3 Å². The number of nitrogens with one attached hydrogen (secondary N) is 1. The fourth-order valence-electron chi connectivity index (χ4n) is 4.59.